The first kappa shape index (κ1) is 21.1. The van der Waals surface area contributed by atoms with Gasteiger partial charge in [0, 0.05) is 18.5 Å². The molecule has 3 aromatic carbocycles. The van der Waals surface area contributed by atoms with Gasteiger partial charge in [-0.05, 0) is 59.4 Å². The Bertz CT molecular complexity index is 1370. The van der Waals surface area contributed by atoms with Crippen molar-refractivity contribution >= 4 is 16.6 Å². The molecule has 1 aromatic heterocycles. The lowest BCUT2D eigenvalue weighted by atomic mass is 9.93. The van der Waals surface area contributed by atoms with Gasteiger partial charge in [0.25, 0.3) is 0 Å². The van der Waals surface area contributed by atoms with E-state index in [2.05, 4.69) is 60.0 Å². The summed E-state index contributed by atoms with van der Waals surface area (Å²) in [5.41, 5.74) is 8.86. The van der Waals surface area contributed by atoms with Crippen LogP contribution in [0.1, 0.15) is 47.0 Å². The van der Waals surface area contributed by atoms with Crippen molar-refractivity contribution in [1.29, 1.82) is 0 Å². The highest BCUT2D eigenvalue weighted by Gasteiger charge is 2.20. The second kappa shape index (κ2) is 9.02. The van der Waals surface area contributed by atoms with Gasteiger partial charge in [-0.1, -0.05) is 60.6 Å². The number of rotatable bonds is 6. The number of fused-ring (bicyclic) bond motifs is 3. The Hall–Kier alpha value is -3.73. The molecule has 0 N–H and O–H groups in total. The van der Waals surface area contributed by atoms with E-state index in [1.165, 1.54) is 16.6 Å². The van der Waals surface area contributed by atoms with Crippen molar-refractivity contribution in [3.05, 3.63) is 105 Å². The monoisotopic (exact) mass is 437 g/mol. The zero-order valence-electron chi connectivity index (χ0n) is 19.0. The summed E-state index contributed by atoms with van der Waals surface area (Å²) in [7, 11) is 0. The highest BCUT2D eigenvalue weighted by molar-refractivity contribution is 5.85. The molecule has 0 aliphatic carbocycles. The van der Waals surface area contributed by atoms with Gasteiger partial charge in [-0.2, -0.15) is 4.91 Å². The Kier molecular flexibility index (Phi) is 5.78. The number of para-hydroxylation sites is 2. The van der Waals surface area contributed by atoms with Gasteiger partial charge in [-0.25, -0.2) is 4.98 Å². The van der Waals surface area contributed by atoms with E-state index in [0.29, 0.717) is 6.61 Å². The SMILES string of the molecule is CCCc1nc2c(C)cccc2n1Cc1ccc2c(c1)COc1ccccc1C2=CCN=O. The standard InChI is InChI=1S/C28H27N3O2/c1-3-7-27-30-28-19(2)8-6-10-25(28)31(27)17-20-12-13-22-21(16-20)18-33-26-11-5-4-9-24(26)23(22)14-15-29-32/h4-6,8-14,16H,3,7,15,17-18H2,1-2H3. The number of imidazole rings is 1. The van der Waals surface area contributed by atoms with E-state index in [9.17, 15) is 4.91 Å². The topological polar surface area (TPSA) is 56.5 Å². The van der Waals surface area contributed by atoms with Crippen LogP contribution in [0.15, 0.2) is 71.9 Å². The molecule has 33 heavy (non-hydrogen) atoms. The van der Waals surface area contributed by atoms with Crippen LogP contribution < -0.4 is 4.74 Å². The van der Waals surface area contributed by atoms with Crippen LogP contribution in [-0.4, -0.2) is 16.1 Å². The molecule has 0 unspecified atom stereocenters. The summed E-state index contributed by atoms with van der Waals surface area (Å²) < 4.78 is 8.50. The highest BCUT2D eigenvalue weighted by Crippen LogP contribution is 2.37. The van der Waals surface area contributed by atoms with Crippen molar-refractivity contribution in [3.63, 3.8) is 0 Å². The van der Waals surface area contributed by atoms with Crippen LogP contribution >= 0.6 is 0 Å². The van der Waals surface area contributed by atoms with E-state index in [1.54, 1.807) is 0 Å². The number of aromatic nitrogens is 2. The Labute approximate surface area is 193 Å². The molecule has 5 nitrogen and oxygen atoms in total. The number of nitrogens with zero attached hydrogens (tertiary/aromatic N) is 3. The average Bonchev–Trinajstić information content (AvgIpc) is 3.09. The molecular weight excluding hydrogens is 410 g/mol. The molecule has 0 radical (unpaired) electrons. The largest absolute Gasteiger partial charge is 0.488 e. The molecule has 0 saturated carbocycles. The number of benzene rings is 3. The minimum Gasteiger partial charge on any atom is -0.488 e. The van der Waals surface area contributed by atoms with Crippen LogP contribution in [-0.2, 0) is 19.6 Å². The molecule has 5 rings (SSSR count). The van der Waals surface area contributed by atoms with E-state index in [4.69, 9.17) is 9.72 Å². The first-order valence-corrected chi connectivity index (χ1v) is 11.5. The molecular formula is C28H27N3O2. The van der Waals surface area contributed by atoms with Crippen LogP contribution in [0.5, 0.6) is 5.75 Å². The van der Waals surface area contributed by atoms with Crippen LogP contribution in [0, 0.1) is 11.8 Å². The first-order valence-electron chi connectivity index (χ1n) is 11.5. The summed E-state index contributed by atoms with van der Waals surface area (Å²) in [6, 6.07) is 20.9. The van der Waals surface area contributed by atoms with Crippen LogP contribution in [0.25, 0.3) is 16.6 Å². The Balaban J connectivity index is 1.57. The fraction of sp³-hybridized carbons (Fsp3) is 0.250. The van der Waals surface area contributed by atoms with Gasteiger partial charge in [0.15, 0.2) is 0 Å². The number of ether oxygens (including phenoxy) is 1. The summed E-state index contributed by atoms with van der Waals surface area (Å²) in [6.45, 7) is 5.68. The lowest BCUT2D eigenvalue weighted by Crippen LogP contribution is -2.06. The van der Waals surface area contributed by atoms with E-state index >= 15 is 0 Å². The molecule has 4 aromatic rings. The maximum Gasteiger partial charge on any atom is 0.127 e. The number of hydrogen-bond acceptors (Lipinski definition) is 4. The maximum absolute atomic E-state index is 10.9. The highest BCUT2D eigenvalue weighted by atomic mass is 16.5. The number of hydrogen-bond donors (Lipinski definition) is 0. The van der Waals surface area contributed by atoms with E-state index in [0.717, 1.165) is 58.7 Å². The fourth-order valence-corrected chi connectivity index (χ4v) is 4.70. The predicted molar refractivity (Wildman–Crippen MR) is 133 cm³/mol. The van der Waals surface area contributed by atoms with Crippen molar-refractivity contribution < 1.29 is 4.74 Å². The van der Waals surface area contributed by atoms with Gasteiger partial charge in [0.05, 0.1) is 11.0 Å². The van der Waals surface area contributed by atoms with Crippen molar-refractivity contribution in [3.8, 4) is 5.75 Å². The van der Waals surface area contributed by atoms with Crippen molar-refractivity contribution in [2.24, 2.45) is 5.18 Å². The predicted octanol–water partition coefficient (Wildman–Crippen LogP) is 6.44. The zero-order valence-corrected chi connectivity index (χ0v) is 19.0. The normalized spacial score (nSPS) is 13.9. The van der Waals surface area contributed by atoms with Gasteiger partial charge < -0.3 is 9.30 Å². The van der Waals surface area contributed by atoms with Crippen LogP contribution in [0.3, 0.4) is 0 Å². The van der Waals surface area contributed by atoms with E-state index in [-0.39, 0.29) is 6.54 Å². The van der Waals surface area contributed by atoms with Crippen LogP contribution in [0.2, 0.25) is 0 Å². The minimum atomic E-state index is 0.131. The second-order valence-corrected chi connectivity index (χ2v) is 8.51. The van der Waals surface area contributed by atoms with Crippen LogP contribution in [0.4, 0.5) is 0 Å². The summed E-state index contributed by atoms with van der Waals surface area (Å²) in [5, 5.41) is 3.06. The number of aryl methyl sites for hydroxylation is 2. The molecule has 0 atom stereocenters. The summed E-state index contributed by atoms with van der Waals surface area (Å²) in [5.74, 6) is 1.95. The van der Waals surface area contributed by atoms with Crippen molar-refractivity contribution in [1.82, 2.24) is 9.55 Å². The van der Waals surface area contributed by atoms with Gasteiger partial charge in [-0.3, -0.25) is 0 Å². The third-order valence-corrected chi connectivity index (χ3v) is 6.26. The quantitative estimate of drug-likeness (QED) is 0.326. The van der Waals surface area contributed by atoms with E-state index in [1.807, 2.05) is 30.3 Å². The van der Waals surface area contributed by atoms with Gasteiger partial charge in [0.1, 0.15) is 24.7 Å². The Morgan fingerprint density at radius 2 is 1.97 bits per heavy atom. The molecule has 0 amide bonds. The average molecular weight is 438 g/mol. The lowest BCUT2D eigenvalue weighted by molar-refractivity contribution is 0.307. The van der Waals surface area contributed by atoms with Gasteiger partial charge in [0.2, 0.25) is 0 Å². The molecule has 2 heterocycles. The molecule has 5 heteroatoms. The smallest absolute Gasteiger partial charge is 0.127 e. The molecule has 0 spiro atoms. The third-order valence-electron chi connectivity index (χ3n) is 6.26. The lowest BCUT2D eigenvalue weighted by Gasteiger charge is -2.13. The first-order chi connectivity index (χ1) is 16.2. The van der Waals surface area contributed by atoms with Crippen molar-refractivity contribution in [2.45, 2.75) is 39.8 Å². The minimum absolute atomic E-state index is 0.131. The Morgan fingerprint density at radius 1 is 1.09 bits per heavy atom. The molecule has 0 fully saturated rings. The van der Waals surface area contributed by atoms with Crippen molar-refractivity contribution in [2.75, 3.05) is 6.54 Å². The zero-order chi connectivity index (χ0) is 22.8. The molecule has 0 bridgehead atoms. The molecule has 166 valence electrons. The third kappa shape index (κ3) is 3.95. The molecule has 0 saturated heterocycles. The fourth-order valence-electron chi connectivity index (χ4n) is 4.70. The maximum atomic E-state index is 10.9. The summed E-state index contributed by atoms with van der Waals surface area (Å²) >= 11 is 0. The Morgan fingerprint density at radius 3 is 2.82 bits per heavy atom. The summed E-state index contributed by atoms with van der Waals surface area (Å²) in [4.78, 5) is 15.8. The molecule has 1 aliphatic heterocycles. The number of nitroso groups, excluding NO2 is 1. The second-order valence-electron chi connectivity index (χ2n) is 8.51. The molecule has 1 aliphatic rings. The van der Waals surface area contributed by atoms with Gasteiger partial charge in [-0.15, -0.1) is 0 Å². The van der Waals surface area contributed by atoms with Gasteiger partial charge >= 0.3 is 0 Å². The summed E-state index contributed by atoms with van der Waals surface area (Å²) in [6.07, 6.45) is 3.89. The van der Waals surface area contributed by atoms with E-state index < -0.39 is 0 Å².